The van der Waals surface area contributed by atoms with E-state index in [0.29, 0.717) is 18.0 Å². The molecule has 5 nitrogen and oxygen atoms in total. The van der Waals surface area contributed by atoms with E-state index >= 15 is 0 Å². The van der Waals surface area contributed by atoms with Crippen molar-refractivity contribution in [3.05, 3.63) is 48.3 Å². The quantitative estimate of drug-likeness (QED) is 0.845. The van der Waals surface area contributed by atoms with Crippen molar-refractivity contribution < 1.29 is 14.3 Å². The highest BCUT2D eigenvalue weighted by Crippen LogP contribution is 2.25. The normalized spacial score (nSPS) is 10.2. The minimum Gasteiger partial charge on any atom is -0.493 e. The molecule has 0 saturated carbocycles. The first-order valence-electron chi connectivity index (χ1n) is 6.82. The van der Waals surface area contributed by atoms with Crippen molar-refractivity contribution in [3.8, 4) is 11.5 Å². The predicted octanol–water partition coefficient (Wildman–Crippen LogP) is 1.77. The zero-order chi connectivity index (χ0) is 15.1. The van der Waals surface area contributed by atoms with E-state index in [1.165, 1.54) is 5.56 Å². The van der Waals surface area contributed by atoms with Crippen LogP contribution in [0.25, 0.3) is 0 Å². The summed E-state index contributed by atoms with van der Waals surface area (Å²) in [5, 5.41) is 2.83. The third kappa shape index (κ3) is 4.56. The first-order chi connectivity index (χ1) is 10.2. The fourth-order valence-corrected chi connectivity index (χ4v) is 1.99. The zero-order valence-electron chi connectivity index (χ0n) is 12.3. The van der Waals surface area contributed by atoms with E-state index in [-0.39, 0.29) is 12.5 Å². The number of amides is 1. The molecule has 0 spiro atoms. The van der Waals surface area contributed by atoms with Crippen LogP contribution in [0, 0.1) is 0 Å². The summed E-state index contributed by atoms with van der Waals surface area (Å²) in [4.78, 5) is 11.7. The fraction of sp³-hybridized carbons (Fsp3) is 0.312. The first-order valence-corrected chi connectivity index (χ1v) is 6.82. The number of aryl methyl sites for hydroxylation is 1. The monoisotopic (exact) mass is 288 g/mol. The van der Waals surface area contributed by atoms with Gasteiger partial charge < -0.3 is 19.4 Å². The molecule has 2 aromatic rings. The summed E-state index contributed by atoms with van der Waals surface area (Å²) < 4.78 is 12.6. The molecule has 1 aromatic carbocycles. The van der Waals surface area contributed by atoms with Crippen LogP contribution in [0.5, 0.6) is 11.5 Å². The van der Waals surface area contributed by atoms with Crippen molar-refractivity contribution >= 4 is 5.91 Å². The molecule has 1 amide bonds. The molecule has 0 atom stereocenters. The van der Waals surface area contributed by atoms with Gasteiger partial charge in [0, 0.05) is 26.0 Å². The van der Waals surface area contributed by atoms with Gasteiger partial charge in [-0.25, -0.2) is 0 Å². The average molecular weight is 288 g/mol. The number of methoxy groups -OCH3 is 1. The highest BCUT2D eigenvalue weighted by Gasteiger charge is 2.06. The number of carbonyl (C=O) groups is 1. The molecule has 5 heteroatoms. The highest BCUT2D eigenvalue weighted by molar-refractivity contribution is 5.77. The minimum absolute atomic E-state index is 0.0187. The van der Waals surface area contributed by atoms with Crippen molar-refractivity contribution in [1.29, 1.82) is 0 Å². The van der Waals surface area contributed by atoms with Crippen LogP contribution in [0.1, 0.15) is 5.56 Å². The highest BCUT2D eigenvalue weighted by atomic mass is 16.5. The topological polar surface area (TPSA) is 52.5 Å². The number of nitrogens with zero attached hydrogens (tertiary/aromatic N) is 1. The molecule has 2 rings (SSSR count). The van der Waals surface area contributed by atoms with E-state index in [2.05, 4.69) is 5.32 Å². The maximum Gasteiger partial charge on any atom is 0.257 e. The summed E-state index contributed by atoms with van der Waals surface area (Å²) in [5.41, 5.74) is 1.20. The van der Waals surface area contributed by atoms with Gasteiger partial charge in [-0.3, -0.25) is 4.79 Å². The van der Waals surface area contributed by atoms with Gasteiger partial charge in [0.2, 0.25) is 0 Å². The van der Waals surface area contributed by atoms with E-state index < -0.39 is 0 Å². The van der Waals surface area contributed by atoms with Crippen LogP contribution in [-0.4, -0.2) is 30.7 Å². The largest absolute Gasteiger partial charge is 0.493 e. The molecule has 0 aliphatic rings. The van der Waals surface area contributed by atoms with Crippen LogP contribution < -0.4 is 14.8 Å². The van der Waals surface area contributed by atoms with Crippen molar-refractivity contribution in [2.75, 3.05) is 20.3 Å². The Morgan fingerprint density at radius 3 is 2.67 bits per heavy atom. The van der Waals surface area contributed by atoms with Gasteiger partial charge in [0.1, 0.15) is 0 Å². The van der Waals surface area contributed by atoms with Crippen LogP contribution in [0.2, 0.25) is 0 Å². The summed E-state index contributed by atoms with van der Waals surface area (Å²) in [6, 6.07) is 9.30. The van der Waals surface area contributed by atoms with E-state index in [4.69, 9.17) is 9.47 Å². The molecular formula is C16H20N2O3. The van der Waals surface area contributed by atoms with Crippen molar-refractivity contribution in [2.45, 2.75) is 6.42 Å². The number of nitrogens with one attached hydrogen (secondary N) is 1. The second kappa shape index (κ2) is 7.38. The van der Waals surface area contributed by atoms with Gasteiger partial charge in [-0.1, -0.05) is 12.1 Å². The Bertz CT molecular complexity index is 593. The number of carbonyl (C=O) groups excluding carboxylic acids is 1. The Kier molecular flexibility index (Phi) is 5.26. The molecule has 1 N–H and O–H groups in total. The molecule has 112 valence electrons. The lowest BCUT2D eigenvalue weighted by molar-refractivity contribution is -0.123. The number of hydrogen-bond donors (Lipinski definition) is 1. The molecule has 1 heterocycles. The number of rotatable bonds is 7. The summed E-state index contributed by atoms with van der Waals surface area (Å²) in [7, 11) is 3.55. The van der Waals surface area contributed by atoms with Crippen molar-refractivity contribution in [2.24, 2.45) is 7.05 Å². The molecular weight excluding hydrogens is 268 g/mol. The number of hydrogen-bond acceptors (Lipinski definition) is 3. The Morgan fingerprint density at radius 2 is 2.00 bits per heavy atom. The van der Waals surface area contributed by atoms with Crippen LogP contribution in [0.3, 0.4) is 0 Å². The third-order valence-corrected chi connectivity index (χ3v) is 3.06. The Hall–Kier alpha value is -2.43. The van der Waals surface area contributed by atoms with Crippen molar-refractivity contribution in [3.63, 3.8) is 0 Å². The molecule has 0 unspecified atom stereocenters. The summed E-state index contributed by atoms with van der Waals surface area (Å²) in [6.45, 7) is 0.577. The number of ether oxygens (including phenoxy) is 2. The van der Waals surface area contributed by atoms with Gasteiger partial charge in [-0.15, -0.1) is 0 Å². The second-order valence-corrected chi connectivity index (χ2v) is 4.72. The van der Waals surface area contributed by atoms with Crippen LogP contribution in [-0.2, 0) is 18.3 Å². The van der Waals surface area contributed by atoms with Crippen LogP contribution in [0.15, 0.2) is 42.7 Å². The van der Waals surface area contributed by atoms with E-state index in [1.807, 2.05) is 42.2 Å². The van der Waals surface area contributed by atoms with Gasteiger partial charge in [-0.2, -0.15) is 0 Å². The molecule has 0 radical (unpaired) electrons. The average Bonchev–Trinajstić information content (AvgIpc) is 2.91. The molecule has 0 aliphatic heterocycles. The Morgan fingerprint density at radius 1 is 1.24 bits per heavy atom. The molecule has 0 saturated heterocycles. The molecule has 0 bridgehead atoms. The van der Waals surface area contributed by atoms with Crippen LogP contribution >= 0.6 is 0 Å². The van der Waals surface area contributed by atoms with Gasteiger partial charge in [0.15, 0.2) is 18.1 Å². The lowest BCUT2D eigenvalue weighted by atomic mass is 10.2. The molecule has 21 heavy (non-hydrogen) atoms. The molecule has 0 fully saturated rings. The standard InChI is InChI=1S/C16H20N2O3/c1-18-10-8-13(11-18)7-9-17-16(19)12-21-15-6-4-3-5-14(15)20-2/h3-6,8,10-11H,7,9,12H2,1-2H3,(H,17,19). The van der Waals surface area contributed by atoms with Crippen LogP contribution in [0.4, 0.5) is 0 Å². The van der Waals surface area contributed by atoms with E-state index in [9.17, 15) is 4.79 Å². The fourth-order valence-electron chi connectivity index (χ4n) is 1.99. The predicted molar refractivity (Wildman–Crippen MR) is 80.6 cm³/mol. The number of benzene rings is 1. The van der Waals surface area contributed by atoms with E-state index in [1.54, 1.807) is 19.2 Å². The lowest BCUT2D eigenvalue weighted by Gasteiger charge is -2.10. The molecule has 1 aromatic heterocycles. The van der Waals surface area contributed by atoms with Gasteiger partial charge in [-0.05, 0) is 30.2 Å². The third-order valence-electron chi connectivity index (χ3n) is 3.06. The second-order valence-electron chi connectivity index (χ2n) is 4.72. The SMILES string of the molecule is COc1ccccc1OCC(=O)NCCc1ccn(C)c1. The first kappa shape index (κ1) is 15.0. The van der Waals surface area contributed by atoms with Gasteiger partial charge in [0.25, 0.3) is 5.91 Å². The number of aromatic nitrogens is 1. The Labute approximate surface area is 124 Å². The Balaban J connectivity index is 1.72. The minimum atomic E-state index is -0.142. The van der Waals surface area contributed by atoms with E-state index in [0.717, 1.165) is 6.42 Å². The zero-order valence-corrected chi connectivity index (χ0v) is 12.3. The maximum atomic E-state index is 11.7. The van der Waals surface area contributed by atoms with Gasteiger partial charge >= 0.3 is 0 Å². The summed E-state index contributed by atoms with van der Waals surface area (Å²) >= 11 is 0. The smallest absolute Gasteiger partial charge is 0.257 e. The lowest BCUT2D eigenvalue weighted by Crippen LogP contribution is -2.30. The maximum absolute atomic E-state index is 11.7. The van der Waals surface area contributed by atoms with Crippen molar-refractivity contribution in [1.82, 2.24) is 9.88 Å². The summed E-state index contributed by atoms with van der Waals surface area (Å²) in [6.07, 6.45) is 4.83. The van der Waals surface area contributed by atoms with Gasteiger partial charge in [0.05, 0.1) is 7.11 Å². The molecule has 0 aliphatic carbocycles. The summed E-state index contributed by atoms with van der Waals surface area (Å²) in [5.74, 6) is 1.05. The number of para-hydroxylation sites is 2.